The molecule has 1 N–H and O–H groups in total. The molecule has 0 spiro atoms. The van der Waals surface area contributed by atoms with E-state index in [9.17, 15) is 9.18 Å². The smallest absolute Gasteiger partial charge is 0.444 e. The third-order valence-corrected chi connectivity index (χ3v) is 5.44. The molecule has 1 aliphatic rings. The van der Waals surface area contributed by atoms with Gasteiger partial charge in [0.2, 0.25) is 0 Å². The van der Waals surface area contributed by atoms with Crippen LogP contribution in [0.2, 0.25) is 0 Å². The molecule has 0 bridgehead atoms. The number of alkyl carbamates (subject to hydrolysis) is 1. The van der Waals surface area contributed by atoms with Gasteiger partial charge in [-0.05, 0) is 73.3 Å². The van der Waals surface area contributed by atoms with Crippen molar-refractivity contribution in [2.24, 2.45) is 0 Å². The first kappa shape index (κ1) is 25.6. The first-order valence-corrected chi connectivity index (χ1v) is 10.8. The van der Waals surface area contributed by atoms with Crippen LogP contribution in [0.3, 0.4) is 0 Å². The van der Waals surface area contributed by atoms with E-state index in [2.05, 4.69) is 5.32 Å². The number of amides is 1. The molecule has 1 aromatic rings. The van der Waals surface area contributed by atoms with Crippen molar-refractivity contribution in [1.82, 2.24) is 5.32 Å². The lowest BCUT2D eigenvalue weighted by Crippen LogP contribution is -2.48. The lowest BCUT2D eigenvalue weighted by molar-refractivity contribution is -0.0979. The van der Waals surface area contributed by atoms with Gasteiger partial charge in [-0.3, -0.25) is 9.71 Å². The molecule has 1 atom stereocenters. The van der Waals surface area contributed by atoms with Gasteiger partial charge in [0.1, 0.15) is 11.3 Å². The summed E-state index contributed by atoms with van der Waals surface area (Å²) in [6, 6.07) is 7.56. The SMILES string of the molecule is CC(C)(C)OC(=O)NC(C)(C)OC(CCF)c1ccc(B2OC(C)(C)C(C)(C)O2)cc1. The molecular formula is C23H37BFNO5. The van der Waals surface area contributed by atoms with Crippen molar-refractivity contribution in [2.45, 2.75) is 97.4 Å². The topological polar surface area (TPSA) is 66.0 Å². The third-order valence-electron chi connectivity index (χ3n) is 5.44. The standard InChI is InChI=1S/C23H37BFNO5/c1-20(2,3)29-19(27)26-23(8,9)28-18(14-15-25)16-10-12-17(13-11-16)24-30-21(4,5)22(6,7)31-24/h10-13,18H,14-15H2,1-9H3,(H,26,27). The maximum Gasteiger partial charge on any atom is 0.494 e. The molecule has 1 aromatic carbocycles. The largest absolute Gasteiger partial charge is 0.494 e. The van der Waals surface area contributed by atoms with Crippen LogP contribution in [0.1, 0.15) is 80.4 Å². The third kappa shape index (κ3) is 6.92. The van der Waals surface area contributed by atoms with Crippen molar-refractivity contribution in [1.29, 1.82) is 0 Å². The summed E-state index contributed by atoms with van der Waals surface area (Å²) in [5.74, 6) is 0. The normalized spacial score (nSPS) is 19.2. The summed E-state index contributed by atoms with van der Waals surface area (Å²) in [6.07, 6.45) is -0.968. The van der Waals surface area contributed by atoms with E-state index in [0.29, 0.717) is 0 Å². The number of rotatable bonds is 7. The Morgan fingerprint density at radius 2 is 1.58 bits per heavy atom. The highest BCUT2D eigenvalue weighted by atomic mass is 19.1. The molecule has 0 saturated carbocycles. The molecule has 0 aromatic heterocycles. The molecule has 8 heteroatoms. The average molecular weight is 437 g/mol. The highest BCUT2D eigenvalue weighted by Crippen LogP contribution is 2.36. The predicted molar refractivity (Wildman–Crippen MR) is 120 cm³/mol. The number of alkyl halides is 1. The summed E-state index contributed by atoms with van der Waals surface area (Å²) in [4.78, 5) is 12.1. The monoisotopic (exact) mass is 437 g/mol. The van der Waals surface area contributed by atoms with E-state index < -0.39 is 48.5 Å². The Hall–Kier alpha value is -1.64. The number of benzene rings is 1. The maximum atomic E-state index is 13.3. The molecule has 0 aliphatic carbocycles. The zero-order chi connectivity index (χ0) is 23.7. The van der Waals surface area contributed by atoms with Crippen molar-refractivity contribution in [2.75, 3.05) is 6.67 Å². The Balaban J connectivity index is 2.10. The van der Waals surface area contributed by atoms with Gasteiger partial charge in [0, 0.05) is 6.42 Å². The number of hydrogen-bond donors (Lipinski definition) is 1. The second-order valence-electron chi connectivity index (χ2n) is 10.5. The summed E-state index contributed by atoms with van der Waals surface area (Å²) in [5, 5.41) is 2.70. The van der Waals surface area contributed by atoms with Crippen LogP contribution in [0.25, 0.3) is 0 Å². The zero-order valence-electron chi connectivity index (χ0n) is 20.3. The Labute approximate surface area is 186 Å². The van der Waals surface area contributed by atoms with Crippen molar-refractivity contribution in [3.8, 4) is 0 Å². The molecular weight excluding hydrogens is 400 g/mol. The van der Waals surface area contributed by atoms with Crippen LogP contribution in [-0.2, 0) is 18.8 Å². The van der Waals surface area contributed by atoms with Gasteiger partial charge >= 0.3 is 13.2 Å². The molecule has 1 amide bonds. The number of nitrogens with one attached hydrogen (secondary N) is 1. The van der Waals surface area contributed by atoms with Gasteiger partial charge in [0.05, 0.1) is 24.0 Å². The van der Waals surface area contributed by atoms with Crippen LogP contribution >= 0.6 is 0 Å². The summed E-state index contributed by atoms with van der Waals surface area (Å²) in [7, 11) is -0.468. The molecule has 1 heterocycles. The van der Waals surface area contributed by atoms with Crippen molar-refractivity contribution < 1.29 is 28.0 Å². The van der Waals surface area contributed by atoms with E-state index in [1.54, 1.807) is 34.6 Å². The second-order valence-corrected chi connectivity index (χ2v) is 10.5. The van der Waals surface area contributed by atoms with Crippen LogP contribution in [-0.4, -0.2) is 42.4 Å². The van der Waals surface area contributed by atoms with Gasteiger partial charge in [-0.25, -0.2) is 4.79 Å². The molecule has 1 saturated heterocycles. The number of halogens is 1. The number of hydrogen-bond acceptors (Lipinski definition) is 5. The van der Waals surface area contributed by atoms with Gasteiger partial charge in [-0.2, -0.15) is 0 Å². The van der Waals surface area contributed by atoms with E-state index in [-0.39, 0.29) is 6.42 Å². The lowest BCUT2D eigenvalue weighted by Gasteiger charge is -2.32. The van der Waals surface area contributed by atoms with Gasteiger partial charge in [0.15, 0.2) is 0 Å². The number of carbonyl (C=O) groups is 1. The Bertz CT molecular complexity index is 742. The van der Waals surface area contributed by atoms with Gasteiger partial charge in [-0.15, -0.1) is 0 Å². The molecule has 2 rings (SSSR count). The molecule has 6 nitrogen and oxygen atoms in total. The van der Waals surface area contributed by atoms with E-state index in [4.69, 9.17) is 18.8 Å². The minimum Gasteiger partial charge on any atom is -0.444 e. The van der Waals surface area contributed by atoms with Gasteiger partial charge in [-0.1, -0.05) is 24.3 Å². The summed E-state index contributed by atoms with van der Waals surface area (Å²) < 4.78 is 36.8. The van der Waals surface area contributed by atoms with Crippen LogP contribution in [0, 0.1) is 0 Å². The molecule has 174 valence electrons. The fraction of sp³-hybridized carbons (Fsp3) is 0.696. The van der Waals surface area contributed by atoms with Crippen LogP contribution in [0.4, 0.5) is 9.18 Å². The first-order chi connectivity index (χ1) is 14.1. The quantitative estimate of drug-likeness (QED) is 0.496. The summed E-state index contributed by atoms with van der Waals surface area (Å²) in [5.41, 5.74) is -0.834. The Kier molecular flexibility index (Phi) is 7.51. The molecule has 1 aliphatic heterocycles. The van der Waals surface area contributed by atoms with E-state index in [1.165, 1.54) is 0 Å². The predicted octanol–water partition coefficient (Wildman–Crippen LogP) is 4.66. The van der Waals surface area contributed by atoms with E-state index in [0.717, 1.165) is 11.0 Å². The van der Waals surface area contributed by atoms with Crippen LogP contribution in [0.15, 0.2) is 24.3 Å². The number of carbonyl (C=O) groups excluding carboxylic acids is 1. The maximum absolute atomic E-state index is 13.3. The first-order valence-electron chi connectivity index (χ1n) is 10.8. The molecule has 31 heavy (non-hydrogen) atoms. The van der Waals surface area contributed by atoms with Crippen LogP contribution in [0.5, 0.6) is 0 Å². The van der Waals surface area contributed by atoms with Crippen molar-refractivity contribution >= 4 is 18.7 Å². The minimum absolute atomic E-state index is 0.162. The zero-order valence-corrected chi connectivity index (χ0v) is 20.3. The molecule has 1 fully saturated rings. The van der Waals surface area contributed by atoms with Crippen LogP contribution < -0.4 is 10.8 Å². The van der Waals surface area contributed by atoms with E-state index >= 15 is 0 Å². The van der Waals surface area contributed by atoms with E-state index in [1.807, 2.05) is 52.0 Å². The van der Waals surface area contributed by atoms with Gasteiger partial charge in [0.25, 0.3) is 0 Å². The fourth-order valence-electron chi connectivity index (χ4n) is 3.17. The molecule has 1 unspecified atom stereocenters. The highest BCUT2D eigenvalue weighted by Gasteiger charge is 2.51. The summed E-state index contributed by atoms with van der Waals surface area (Å²) in [6.45, 7) is 16.3. The number of ether oxygens (including phenoxy) is 2. The Morgan fingerprint density at radius 1 is 1.06 bits per heavy atom. The minimum atomic E-state index is -1.05. The van der Waals surface area contributed by atoms with Gasteiger partial charge < -0.3 is 18.8 Å². The summed E-state index contributed by atoms with van der Waals surface area (Å²) >= 11 is 0. The second kappa shape index (κ2) is 9.08. The lowest BCUT2D eigenvalue weighted by atomic mass is 9.78. The van der Waals surface area contributed by atoms with Crippen molar-refractivity contribution in [3.05, 3.63) is 29.8 Å². The average Bonchev–Trinajstić information content (AvgIpc) is 2.80. The Morgan fingerprint density at radius 3 is 2.03 bits per heavy atom. The highest BCUT2D eigenvalue weighted by molar-refractivity contribution is 6.62. The van der Waals surface area contributed by atoms with Crippen molar-refractivity contribution in [3.63, 3.8) is 0 Å². The fourth-order valence-corrected chi connectivity index (χ4v) is 3.17. The molecule has 0 radical (unpaired) electrons.